The Morgan fingerprint density at radius 1 is 1.60 bits per heavy atom. The van der Waals surface area contributed by atoms with Crippen LogP contribution < -0.4 is 10.7 Å². The number of amides is 2. The third-order valence-electron chi connectivity index (χ3n) is 2.01. The molecule has 0 spiro atoms. The molecule has 0 saturated carbocycles. The van der Waals surface area contributed by atoms with Crippen LogP contribution in [0.2, 0.25) is 0 Å². The average Bonchev–Trinajstić information content (AvgIpc) is 2.84. The Morgan fingerprint density at radius 3 is 3.07 bits per heavy atom. The lowest BCUT2D eigenvalue weighted by molar-refractivity contribution is -0.120. The lowest BCUT2D eigenvalue weighted by atomic mass is 10.2. The number of hydrogen-bond acceptors (Lipinski definition) is 3. The van der Waals surface area contributed by atoms with E-state index >= 15 is 0 Å². The predicted octanol–water partition coefficient (Wildman–Crippen LogP) is -0.493. The SMILES string of the molecule is O=C1CC(C(=O)NCc2ccc[nH]2)=NN1. The summed E-state index contributed by atoms with van der Waals surface area (Å²) in [4.78, 5) is 25.2. The summed E-state index contributed by atoms with van der Waals surface area (Å²) in [6, 6.07) is 3.71. The third kappa shape index (κ3) is 2.22. The minimum Gasteiger partial charge on any atom is -0.364 e. The van der Waals surface area contributed by atoms with Crippen LogP contribution in [0.3, 0.4) is 0 Å². The highest BCUT2D eigenvalue weighted by Crippen LogP contribution is 1.97. The monoisotopic (exact) mass is 206 g/mol. The molecule has 1 aromatic rings. The number of hydrogen-bond donors (Lipinski definition) is 3. The van der Waals surface area contributed by atoms with E-state index < -0.39 is 0 Å². The Balaban J connectivity index is 1.85. The van der Waals surface area contributed by atoms with Gasteiger partial charge in [-0.2, -0.15) is 5.10 Å². The fraction of sp³-hybridized carbons (Fsp3) is 0.222. The molecule has 0 aliphatic carbocycles. The summed E-state index contributed by atoms with van der Waals surface area (Å²) in [5.74, 6) is -0.567. The molecule has 6 heteroatoms. The molecule has 0 fully saturated rings. The fourth-order valence-corrected chi connectivity index (χ4v) is 1.25. The minimum atomic E-state index is -0.317. The fourth-order valence-electron chi connectivity index (χ4n) is 1.25. The zero-order valence-electron chi connectivity index (χ0n) is 7.91. The number of nitrogens with one attached hydrogen (secondary N) is 3. The number of H-pyrrole nitrogens is 1. The van der Waals surface area contributed by atoms with Crippen LogP contribution in [-0.4, -0.2) is 22.5 Å². The summed E-state index contributed by atoms with van der Waals surface area (Å²) in [6.45, 7) is 0.402. The third-order valence-corrected chi connectivity index (χ3v) is 2.01. The van der Waals surface area contributed by atoms with Gasteiger partial charge < -0.3 is 10.3 Å². The Labute approximate surface area is 85.7 Å². The second kappa shape index (κ2) is 3.95. The van der Waals surface area contributed by atoms with Crippen LogP contribution in [0.5, 0.6) is 0 Å². The van der Waals surface area contributed by atoms with Crippen molar-refractivity contribution in [1.82, 2.24) is 15.7 Å². The number of aromatic nitrogens is 1. The largest absolute Gasteiger partial charge is 0.364 e. The Hall–Kier alpha value is -2.11. The molecule has 2 amide bonds. The smallest absolute Gasteiger partial charge is 0.268 e. The van der Waals surface area contributed by atoms with Crippen LogP contribution in [0.25, 0.3) is 0 Å². The maximum Gasteiger partial charge on any atom is 0.268 e. The normalized spacial score (nSPS) is 14.7. The van der Waals surface area contributed by atoms with Crippen LogP contribution >= 0.6 is 0 Å². The quantitative estimate of drug-likeness (QED) is 0.623. The van der Waals surface area contributed by atoms with Crippen molar-refractivity contribution in [2.24, 2.45) is 5.10 Å². The van der Waals surface area contributed by atoms with E-state index in [2.05, 4.69) is 20.8 Å². The van der Waals surface area contributed by atoms with Crippen molar-refractivity contribution in [3.05, 3.63) is 24.0 Å². The van der Waals surface area contributed by atoms with E-state index in [9.17, 15) is 9.59 Å². The van der Waals surface area contributed by atoms with Gasteiger partial charge in [-0.15, -0.1) is 0 Å². The van der Waals surface area contributed by atoms with Crippen molar-refractivity contribution in [3.63, 3.8) is 0 Å². The predicted molar refractivity (Wildman–Crippen MR) is 52.8 cm³/mol. The molecule has 6 nitrogen and oxygen atoms in total. The van der Waals surface area contributed by atoms with Gasteiger partial charge in [0.25, 0.3) is 5.91 Å². The Kier molecular flexibility index (Phi) is 2.49. The maximum absolute atomic E-state index is 11.4. The molecule has 1 aliphatic rings. The highest BCUT2D eigenvalue weighted by atomic mass is 16.2. The second-order valence-corrected chi connectivity index (χ2v) is 3.15. The maximum atomic E-state index is 11.4. The van der Waals surface area contributed by atoms with Crippen LogP contribution in [0.1, 0.15) is 12.1 Å². The van der Waals surface area contributed by atoms with Crippen LogP contribution in [0, 0.1) is 0 Å². The van der Waals surface area contributed by atoms with E-state index in [1.54, 1.807) is 6.20 Å². The number of carbonyl (C=O) groups is 2. The summed E-state index contributed by atoms with van der Waals surface area (Å²) < 4.78 is 0. The van der Waals surface area contributed by atoms with Gasteiger partial charge in [0.05, 0.1) is 13.0 Å². The molecule has 2 rings (SSSR count). The van der Waals surface area contributed by atoms with Gasteiger partial charge in [-0.05, 0) is 12.1 Å². The first-order valence-corrected chi connectivity index (χ1v) is 4.51. The van der Waals surface area contributed by atoms with Crippen LogP contribution in [0.15, 0.2) is 23.4 Å². The van der Waals surface area contributed by atoms with Gasteiger partial charge in [-0.1, -0.05) is 0 Å². The second-order valence-electron chi connectivity index (χ2n) is 3.15. The topological polar surface area (TPSA) is 86.3 Å². The summed E-state index contributed by atoms with van der Waals surface area (Å²) in [5, 5.41) is 6.27. The highest BCUT2D eigenvalue weighted by molar-refractivity contribution is 6.43. The number of aromatic amines is 1. The van der Waals surface area contributed by atoms with Crippen molar-refractivity contribution in [3.8, 4) is 0 Å². The summed E-state index contributed by atoms with van der Waals surface area (Å²) in [7, 11) is 0. The molecule has 2 heterocycles. The molecule has 78 valence electrons. The molecule has 3 N–H and O–H groups in total. The lowest BCUT2D eigenvalue weighted by Crippen LogP contribution is -2.30. The first-order chi connectivity index (χ1) is 7.25. The molecule has 1 aliphatic heterocycles. The standard InChI is InChI=1S/C9H10N4O2/c14-8-4-7(12-13-8)9(15)11-5-6-2-1-3-10-6/h1-3,10H,4-5H2,(H,11,15)(H,13,14). The van der Waals surface area contributed by atoms with Gasteiger partial charge in [0.2, 0.25) is 5.91 Å². The first kappa shape index (κ1) is 9.45. The summed E-state index contributed by atoms with van der Waals surface area (Å²) in [6.07, 6.45) is 1.83. The number of carbonyl (C=O) groups excluding carboxylic acids is 2. The van der Waals surface area contributed by atoms with Crippen LogP contribution in [0.4, 0.5) is 0 Å². The zero-order chi connectivity index (χ0) is 10.7. The van der Waals surface area contributed by atoms with Gasteiger partial charge >= 0.3 is 0 Å². The number of hydrazone groups is 1. The number of nitrogens with zero attached hydrogens (tertiary/aromatic N) is 1. The zero-order valence-corrected chi connectivity index (χ0v) is 7.91. The average molecular weight is 206 g/mol. The molecule has 0 aromatic carbocycles. The van der Waals surface area contributed by atoms with Crippen molar-refractivity contribution in [2.75, 3.05) is 0 Å². The van der Waals surface area contributed by atoms with Crippen molar-refractivity contribution >= 4 is 17.5 Å². The molecule has 0 atom stereocenters. The Bertz CT molecular complexity index is 408. The van der Waals surface area contributed by atoms with Gasteiger partial charge in [0.15, 0.2) is 0 Å². The molecule has 0 radical (unpaired) electrons. The minimum absolute atomic E-state index is 0.0521. The molecule has 0 saturated heterocycles. The lowest BCUT2D eigenvalue weighted by Gasteiger charge is -2.01. The van der Waals surface area contributed by atoms with Gasteiger partial charge in [0.1, 0.15) is 5.71 Å². The van der Waals surface area contributed by atoms with E-state index in [1.165, 1.54) is 0 Å². The van der Waals surface area contributed by atoms with Gasteiger partial charge in [-0.25, -0.2) is 5.43 Å². The molecule has 15 heavy (non-hydrogen) atoms. The van der Waals surface area contributed by atoms with E-state index in [0.717, 1.165) is 5.69 Å². The molecular weight excluding hydrogens is 196 g/mol. The highest BCUT2D eigenvalue weighted by Gasteiger charge is 2.20. The number of rotatable bonds is 3. The van der Waals surface area contributed by atoms with Crippen molar-refractivity contribution in [2.45, 2.75) is 13.0 Å². The van der Waals surface area contributed by atoms with Crippen molar-refractivity contribution < 1.29 is 9.59 Å². The van der Waals surface area contributed by atoms with E-state index in [0.29, 0.717) is 6.54 Å². The molecule has 0 unspecified atom stereocenters. The molecule has 0 bridgehead atoms. The van der Waals surface area contributed by atoms with Gasteiger partial charge in [0, 0.05) is 11.9 Å². The van der Waals surface area contributed by atoms with E-state index in [-0.39, 0.29) is 23.9 Å². The molecule has 1 aromatic heterocycles. The van der Waals surface area contributed by atoms with Crippen LogP contribution in [-0.2, 0) is 16.1 Å². The van der Waals surface area contributed by atoms with E-state index in [1.807, 2.05) is 12.1 Å². The molecular formula is C9H10N4O2. The van der Waals surface area contributed by atoms with E-state index in [4.69, 9.17) is 0 Å². The summed E-state index contributed by atoms with van der Waals surface area (Å²) >= 11 is 0. The van der Waals surface area contributed by atoms with Gasteiger partial charge in [-0.3, -0.25) is 9.59 Å². The summed E-state index contributed by atoms with van der Waals surface area (Å²) in [5.41, 5.74) is 3.36. The van der Waals surface area contributed by atoms with Crippen molar-refractivity contribution in [1.29, 1.82) is 0 Å². The Morgan fingerprint density at radius 2 is 2.47 bits per heavy atom. The first-order valence-electron chi connectivity index (χ1n) is 4.51.